The molecule has 6 nitrogen and oxygen atoms in total. The Morgan fingerprint density at radius 3 is 2.67 bits per heavy atom. The minimum absolute atomic E-state index is 0. The number of likely N-dealkylation sites (tertiary alicyclic amines) is 1. The number of rotatable bonds is 5. The van der Waals surface area contributed by atoms with Gasteiger partial charge in [0.25, 0.3) is 0 Å². The average Bonchev–Trinajstić information content (AvgIpc) is 2.61. The number of hydrogen-bond donors (Lipinski definition) is 2. The number of hydroxylamine groups is 1. The van der Waals surface area contributed by atoms with Crippen LogP contribution in [0.4, 0.5) is 0 Å². The van der Waals surface area contributed by atoms with Gasteiger partial charge in [-0.05, 0) is 14.0 Å². The van der Waals surface area contributed by atoms with E-state index in [9.17, 15) is 9.59 Å². The van der Waals surface area contributed by atoms with E-state index in [0.29, 0.717) is 6.42 Å². The van der Waals surface area contributed by atoms with Crippen molar-refractivity contribution in [1.82, 2.24) is 10.4 Å². The molecule has 0 bridgehead atoms. The fourth-order valence-corrected chi connectivity index (χ4v) is 2.00. The Morgan fingerprint density at radius 2 is 2.28 bits per heavy atom. The van der Waals surface area contributed by atoms with E-state index in [1.165, 1.54) is 6.92 Å². The number of ketones is 1. The van der Waals surface area contributed by atoms with Crippen LogP contribution in [0.3, 0.4) is 0 Å². The fourth-order valence-electron chi connectivity index (χ4n) is 2.00. The van der Waals surface area contributed by atoms with E-state index in [2.05, 4.69) is 10.3 Å². The van der Waals surface area contributed by atoms with E-state index in [1.54, 1.807) is 18.4 Å². The number of hydrogen-bond acceptors (Lipinski definition) is 5. The van der Waals surface area contributed by atoms with E-state index in [4.69, 9.17) is 11.5 Å². The van der Waals surface area contributed by atoms with E-state index in [0.717, 1.165) is 0 Å². The molecule has 0 aromatic rings. The number of Topliss-reactive ketones (excluding diaryl/α,β-unsaturated/α-hetero) is 1. The first-order valence-electron chi connectivity index (χ1n) is 5.14. The Bertz CT molecular complexity index is 355. The first-order chi connectivity index (χ1) is 7.99. The molecule has 1 heterocycles. The van der Waals surface area contributed by atoms with E-state index in [-0.39, 0.29) is 44.5 Å². The Hall–Kier alpha value is -0.476. The minimum Gasteiger partial charge on any atom is -0.480 e. The number of carboxylic acids is 1. The van der Waals surface area contributed by atoms with Gasteiger partial charge in [-0.25, -0.2) is 0 Å². The van der Waals surface area contributed by atoms with Crippen molar-refractivity contribution in [3.8, 4) is 12.5 Å². The van der Waals surface area contributed by atoms with Crippen molar-refractivity contribution in [2.24, 2.45) is 0 Å². The van der Waals surface area contributed by atoms with Crippen LogP contribution in [-0.4, -0.2) is 46.9 Å². The molecule has 0 aromatic heterocycles. The van der Waals surface area contributed by atoms with Crippen molar-refractivity contribution in [3.05, 3.63) is 6.42 Å². The van der Waals surface area contributed by atoms with Crippen molar-refractivity contribution in [3.63, 3.8) is 0 Å². The average molecular weight is 328 g/mol. The predicted octanol–water partition coefficient (Wildman–Crippen LogP) is -0.585. The van der Waals surface area contributed by atoms with Gasteiger partial charge in [0.05, 0.1) is 0 Å². The third-order valence-electron chi connectivity index (χ3n) is 2.88. The van der Waals surface area contributed by atoms with E-state index >= 15 is 0 Å². The molecule has 1 fully saturated rings. The molecule has 1 radical (unpaired) electrons. The maximum atomic E-state index is 11.3. The molecule has 1 rings (SSSR count). The summed E-state index contributed by atoms with van der Waals surface area (Å²) in [6.45, 7) is 1.48. The smallest absolute Gasteiger partial charge is 0.322 e. The molecule has 7 heteroatoms. The van der Waals surface area contributed by atoms with Crippen LogP contribution >= 0.6 is 0 Å². The van der Waals surface area contributed by atoms with Crippen LogP contribution in [0.15, 0.2) is 0 Å². The van der Waals surface area contributed by atoms with Gasteiger partial charge in [-0.3, -0.25) is 9.59 Å². The molecule has 2 N–H and O–H groups in total. The van der Waals surface area contributed by atoms with Gasteiger partial charge < -0.3 is 21.3 Å². The summed E-state index contributed by atoms with van der Waals surface area (Å²) in [5.41, 5.74) is 2.28. The Balaban J connectivity index is 0.00000289. The number of carboxylic acid groups (broad SMARTS) is 1. The van der Waals surface area contributed by atoms with Crippen LogP contribution < -0.4 is 5.48 Å². The number of aliphatic carboxylic acids is 1. The third-order valence-corrected chi connectivity index (χ3v) is 2.88. The van der Waals surface area contributed by atoms with Crippen molar-refractivity contribution >= 4 is 11.8 Å². The van der Waals surface area contributed by atoms with Gasteiger partial charge in [-0.2, -0.15) is 6.42 Å². The first-order valence-corrected chi connectivity index (χ1v) is 5.14. The molecular formula is C11H15N2O4Y-. The maximum Gasteiger partial charge on any atom is 0.322 e. The summed E-state index contributed by atoms with van der Waals surface area (Å²) in [6, 6.07) is -1.72. The number of likely N-dealkylation sites (N-methyl/N-ethyl adjacent to an activating group) is 1. The largest absolute Gasteiger partial charge is 0.480 e. The van der Waals surface area contributed by atoms with Crippen LogP contribution in [0.1, 0.15) is 13.3 Å². The third kappa shape index (κ3) is 4.02. The zero-order valence-electron chi connectivity index (χ0n) is 10.3. The summed E-state index contributed by atoms with van der Waals surface area (Å²) in [7, 11) is 1.70. The van der Waals surface area contributed by atoms with Gasteiger partial charge in [0.2, 0.25) is 0 Å². The molecule has 97 valence electrons. The standard InChI is InChI=1S/C11H15N2O4.Y/c1-4-17-12-10(11(15)16)9-6-5-8(7(2)14)13(9)3;/h1,6,8-10,12H,5H2,2-3H3,(H,15,16);/q-1;/t8-,9-,10?;/m1./s1. The van der Waals surface area contributed by atoms with E-state index < -0.39 is 18.1 Å². The minimum atomic E-state index is -1.09. The van der Waals surface area contributed by atoms with Crippen LogP contribution in [0.5, 0.6) is 0 Å². The van der Waals surface area contributed by atoms with Crippen molar-refractivity contribution < 1.29 is 52.2 Å². The zero-order valence-corrected chi connectivity index (χ0v) is 13.1. The topological polar surface area (TPSA) is 78.9 Å². The number of carbonyl (C=O) groups excluding carboxylic acids is 1. The monoisotopic (exact) mass is 328 g/mol. The molecule has 3 atom stereocenters. The number of nitrogens with one attached hydrogen (secondary N) is 1. The maximum absolute atomic E-state index is 11.3. The number of nitrogens with zero attached hydrogens (tertiary/aromatic N) is 1. The van der Waals surface area contributed by atoms with Crippen molar-refractivity contribution in [1.29, 1.82) is 0 Å². The van der Waals surface area contributed by atoms with Gasteiger partial charge in [0.1, 0.15) is 17.9 Å². The van der Waals surface area contributed by atoms with Gasteiger partial charge in [-0.15, -0.1) is 5.48 Å². The molecule has 1 aliphatic rings. The molecule has 0 spiro atoms. The van der Waals surface area contributed by atoms with Crippen molar-refractivity contribution in [2.45, 2.75) is 31.5 Å². The molecule has 0 aromatic carbocycles. The summed E-state index contributed by atoms with van der Waals surface area (Å²) in [6.07, 6.45) is 9.03. The van der Waals surface area contributed by atoms with Gasteiger partial charge in [-0.1, -0.05) is 12.5 Å². The summed E-state index contributed by atoms with van der Waals surface area (Å²) in [4.78, 5) is 28.6. The second-order valence-corrected chi connectivity index (χ2v) is 3.91. The quantitative estimate of drug-likeness (QED) is 0.399. The van der Waals surface area contributed by atoms with Crippen LogP contribution in [0.2, 0.25) is 0 Å². The van der Waals surface area contributed by atoms with Gasteiger partial charge in [0, 0.05) is 38.8 Å². The zero-order chi connectivity index (χ0) is 13.0. The Labute approximate surface area is 131 Å². The second kappa shape index (κ2) is 7.85. The molecule has 0 saturated carbocycles. The summed E-state index contributed by atoms with van der Waals surface area (Å²) < 4.78 is 0. The number of terminal acetylenes is 1. The van der Waals surface area contributed by atoms with Gasteiger partial charge >= 0.3 is 5.97 Å². The molecule has 1 saturated heterocycles. The molecule has 0 aliphatic carbocycles. The van der Waals surface area contributed by atoms with Crippen LogP contribution in [0.25, 0.3) is 0 Å². The first kappa shape index (κ1) is 17.5. The van der Waals surface area contributed by atoms with Gasteiger partial charge in [0.15, 0.2) is 0 Å². The molecular weight excluding hydrogens is 313 g/mol. The fraction of sp³-hybridized carbons (Fsp3) is 0.545. The second-order valence-electron chi connectivity index (χ2n) is 3.91. The molecule has 0 amide bonds. The number of carbonyl (C=O) groups is 2. The Morgan fingerprint density at radius 1 is 1.67 bits per heavy atom. The molecule has 18 heavy (non-hydrogen) atoms. The SMILES string of the molecule is C#CONC(C(=O)O)[C@H]1[CH-]C[C@H](C(C)=O)N1C.[Y]. The van der Waals surface area contributed by atoms with Crippen molar-refractivity contribution in [2.75, 3.05) is 7.05 Å². The van der Waals surface area contributed by atoms with E-state index in [1.807, 2.05) is 6.11 Å². The predicted molar refractivity (Wildman–Crippen MR) is 59.4 cm³/mol. The van der Waals surface area contributed by atoms with Crippen LogP contribution in [0, 0.1) is 19.0 Å². The summed E-state index contributed by atoms with van der Waals surface area (Å²) in [5, 5.41) is 9.06. The Kier molecular flexibility index (Phi) is 7.64. The van der Waals surface area contributed by atoms with Crippen LogP contribution in [-0.2, 0) is 47.1 Å². The normalized spacial score (nSPS) is 24.7. The molecule has 1 unspecified atom stereocenters. The molecule has 1 aliphatic heterocycles. The summed E-state index contributed by atoms with van der Waals surface area (Å²) >= 11 is 0. The summed E-state index contributed by atoms with van der Waals surface area (Å²) in [5.74, 6) is -1.08.